The van der Waals surface area contributed by atoms with Gasteiger partial charge in [-0.05, 0) is 26.2 Å². The zero-order chi connectivity index (χ0) is 9.61. The van der Waals surface area contributed by atoms with E-state index < -0.39 is 0 Å². The summed E-state index contributed by atoms with van der Waals surface area (Å²) in [4.78, 5) is 0. The van der Waals surface area contributed by atoms with Gasteiger partial charge in [0.2, 0.25) is 6.79 Å². The minimum absolute atomic E-state index is 0.100. The highest BCUT2D eigenvalue weighted by molar-refractivity contribution is 4.65. The molecule has 12 heavy (non-hydrogen) atoms. The first-order valence-corrected chi connectivity index (χ1v) is 4.59. The molecule has 2 nitrogen and oxygen atoms in total. The van der Waals surface area contributed by atoms with Gasteiger partial charge >= 0.3 is 0 Å². The number of rotatable bonds is 6. The number of hydrogen-bond donors (Lipinski definition) is 0. The summed E-state index contributed by atoms with van der Waals surface area (Å²) < 4.78 is 10.6. The summed E-state index contributed by atoms with van der Waals surface area (Å²) >= 11 is 0. The molecule has 0 aliphatic rings. The third-order valence-corrected chi connectivity index (χ3v) is 1.72. The monoisotopic (exact) mass is 173 g/mol. The van der Waals surface area contributed by atoms with Crippen LogP contribution in [0.2, 0.25) is 0 Å². The molecule has 0 bridgehead atoms. The van der Waals surface area contributed by atoms with E-state index in [2.05, 4.69) is 20.8 Å². The molecule has 2 heteroatoms. The highest BCUT2D eigenvalue weighted by Gasteiger charge is 2.15. The van der Waals surface area contributed by atoms with E-state index in [0.717, 1.165) is 13.0 Å². The fourth-order valence-corrected chi connectivity index (χ4v) is 0.479. The van der Waals surface area contributed by atoms with Gasteiger partial charge in [-0.25, -0.2) is 0 Å². The van der Waals surface area contributed by atoms with E-state index in [4.69, 9.17) is 9.47 Å². The molecule has 0 fully saturated rings. The van der Waals surface area contributed by atoms with Crippen LogP contribution in [0, 0.1) is 12.7 Å². The zero-order valence-electron chi connectivity index (χ0n) is 8.89. The Hall–Kier alpha value is -0.0800. The predicted molar refractivity (Wildman–Crippen MR) is 50.5 cm³/mol. The average Bonchev–Trinajstić information content (AvgIpc) is 1.98. The molecule has 73 valence electrons. The summed E-state index contributed by atoms with van der Waals surface area (Å²) in [5.41, 5.74) is -0.100. The van der Waals surface area contributed by atoms with E-state index in [9.17, 15) is 0 Å². The molecule has 1 radical (unpaired) electrons. The van der Waals surface area contributed by atoms with Gasteiger partial charge in [0.25, 0.3) is 0 Å². The molecule has 0 aliphatic carbocycles. The van der Waals surface area contributed by atoms with Gasteiger partial charge in [0.15, 0.2) is 0 Å². The van der Waals surface area contributed by atoms with Crippen LogP contribution in [0.15, 0.2) is 0 Å². The second-order valence-corrected chi connectivity index (χ2v) is 4.05. The highest BCUT2D eigenvalue weighted by atomic mass is 16.7. The quantitative estimate of drug-likeness (QED) is 0.575. The van der Waals surface area contributed by atoms with Crippen molar-refractivity contribution in [2.75, 3.05) is 6.61 Å². The Morgan fingerprint density at radius 1 is 1.33 bits per heavy atom. The van der Waals surface area contributed by atoms with Crippen LogP contribution >= 0.6 is 0 Å². The molecule has 0 atom stereocenters. The lowest BCUT2D eigenvalue weighted by molar-refractivity contribution is -0.0723. The van der Waals surface area contributed by atoms with Crippen molar-refractivity contribution in [3.8, 4) is 0 Å². The summed E-state index contributed by atoms with van der Waals surface area (Å²) in [6.07, 6.45) is 0.981. The molecule has 0 spiro atoms. The Bertz CT molecular complexity index is 108. The molecule has 0 N–H and O–H groups in total. The minimum Gasteiger partial charge on any atom is -0.348 e. The summed E-state index contributed by atoms with van der Waals surface area (Å²) in [6.45, 7) is 12.6. The van der Waals surface area contributed by atoms with Crippen molar-refractivity contribution >= 4 is 0 Å². The summed E-state index contributed by atoms with van der Waals surface area (Å²) in [7, 11) is 0. The molecule has 0 aromatic heterocycles. The Labute approximate surface area is 76.3 Å². The maximum Gasteiger partial charge on any atom is 0.209 e. The fraction of sp³-hybridized carbons (Fsp3) is 0.900. The summed E-state index contributed by atoms with van der Waals surface area (Å²) in [6, 6.07) is 0. The van der Waals surface area contributed by atoms with Crippen LogP contribution < -0.4 is 0 Å². The normalized spacial score (nSPS) is 12.5. The van der Waals surface area contributed by atoms with Crippen LogP contribution in [-0.4, -0.2) is 12.2 Å². The van der Waals surface area contributed by atoms with Crippen LogP contribution in [-0.2, 0) is 9.47 Å². The third-order valence-electron chi connectivity index (χ3n) is 1.72. The number of hydrogen-bond acceptors (Lipinski definition) is 2. The molecule has 0 saturated carbocycles. The molecule has 0 unspecified atom stereocenters. The minimum atomic E-state index is -0.100. The SMILES string of the molecule is CCC(C)(C)O[CH]OCC(C)C. The molecule has 0 aromatic carbocycles. The first kappa shape index (κ1) is 11.9. The molecule has 0 heterocycles. The van der Waals surface area contributed by atoms with E-state index in [0.29, 0.717) is 5.92 Å². The van der Waals surface area contributed by atoms with Crippen LogP contribution in [0.25, 0.3) is 0 Å². The van der Waals surface area contributed by atoms with Gasteiger partial charge in [-0.15, -0.1) is 0 Å². The van der Waals surface area contributed by atoms with Crippen molar-refractivity contribution in [1.29, 1.82) is 0 Å². The number of ether oxygens (including phenoxy) is 2. The second-order valence-electron chi connectivity index (χ2n) is 4.05. The highest BCUT2D eigenvalue weighted by Crippen LogP contribution is 2.14. The first-order valence-electron chi connectivity index (χ1n) is 4.59. The summed E-state index contributed by atoms with van der Waals surface area (Å²) in [5.74, 6) is 0.551. The van der Waals surface area contributed by atoms with Gasteiger partial charge in [-0.3, -0.25) is 0 Å². The largest absolute Gasteiger partial charge is 0.348 e. The Morgan fingerprint density at radius 2 is 1.92 bits per heavy atom. The smallest absolute Gasteiger partial charge is 0.209 e. The molecule has 0 saturated heterocycles. The maximum absolute atomic E-state index is 5.38. The van der Waals surface area contributed by atoms with Gasteiger partial charge in [0.1, 0.15) is 0 Å². The van der Waals surface area contributed by atoms with E-state index in [-0.39, 0.29) is 5.60 Å². The van der Waals surface area contributed by atoms with Crippen molar-refractivity contribution in [2.45, 2.75) is 46.6 Å². The fourth-order valence-electron chi connectivity index (χ4n) is 0.479. The Morgan fingerprint density at radius 3 is 2.33 bits per heavy atom. The van der Waals surface area contributed by atoms with E-state index in [1.807, 2.05) is 13.8 Å². The molecular weight excluding hydrogens is 152 g/mol. The Kier molecular flexibility index (Phi) is 5.51. The van der Waals surface area contributed by atoms with Crippen LogP contribution in [0.4, 0.5) is 0 Å². The van der Waals surface area contributed by atoms with Crippen molar-refractivity contribution in [3.63, 3.8) is 0 Å². The van der Waals surface area contributed by atoms with Crippen LogP contribution in [0.5, 0.6) is 0 Å². The van der Waals surface area contributed by atoms with Crippen LogP contribution in [0.1, 0.15) is 41.0 Å². The van der Waals surface area contributed by atoms with E-state index in [1.165, 1.54) is 6.79 Å². The molecular formula is C10H21O2. The Balaban J connectivity index is 3.31. The second kappa shape index (κ2) is 5.55. The van der Waals surface area contributed by atoms with Gasteiger partial charge in [-0.2, -0.15) is 0 Å². The van der Waals surface area contributed by atoms with Crippen molar-refractivity contribution in [3.05, 3.63) is 6.79 Å². The first-order chi connectivity index (χ1) is 5.48. The van der Waals surface area contributed by atoms with Crippen molar-refractivity contribution in [1.82, 2.24) is 0 Å². The van der Waals surface area contributed by atoms with Gasteiger partial charge < -0.3 is 9.47 Å². The third kappa shape index (κ3) is 6.62. The maximum atomic E-state index is 5.38. The molecule has 0 amide bonds. The van der Waals surface area contributed by atoms with Gasteiger partial charge in [0, 0.05) is 0 Å². The van der Waals surface area contributed by atoms with E-state index >= 15 is 0 Å². The molecule has 0 aliphatic heterocycles. The lowest BCUT2D eigenvalue weighted by Crippen LogP contribution is -2.22. The topological polar surface area (TPSA) is 18.5 Å². The lowest BCUT2D eigenvalue weighted by atomic mass is 10.1. The zero-order valence-corrected chi connectivity index (χ0v) is 8.89. The van der Waals surface area contributed by atoms with Crippen molar-refractivity contribution < 1.29 is 9.47 Å². The average molecular weight is 173 g/mol. The van der Waals surface area contributed by atoms with Crippen LogP contribution in [0.3, 0.4) is 0 Å². The van der Waals surface area contributed by atoms with Gasteiger partial charge in [-0.1, -0.05) is 20.8 Å². The van der Waals surface area contributed by atoms with E-state index in [1.54, 1.807) is 0 Å². The predicted octanol–water partition coefficient (Wildman–Crippen LogP) is 2.98. The molecule has 0 rings (SSSR count). The van der Waals surface area contributed by atoms with Gasteiger partial charge in [0.05, 0.1) is 12.2 Å². The molecule has 0 aromatic rings. The lowest BCUT2D eigenvalue weighted by Gasteiger charge is -2.22. The summed E-state index contributed by atoms with van der Waals surface area (Å²) in [5, 5.41) is 0. The van der Waals surface area contributed by atoms with Crippen molar-refractivity contribution in [2.24, 2.45) is 5.92 Å². The standard InChI is InChI=1S/C10H21O2/c1-6-10(4,5)12-8-11-7-9(2)3/h8-9H,6-7H2,1-5H3.